The van der Waals surface area contributed by atoms with Gasteiger partial charge in [-0.3, -0.25) is 19.4 Å². The Morgan fingerprint density at radius 3 is 1.12 bits per heavy atom. The van der Waals surface area contributed by atoms with Crippen LogP contribution in [0.5, 0.6) is 0 Å². The molecular weight excluding hydrogens is 393 g/mol. The fourth-order valence-electron chi connectivity index (χ4n) is 1.46. The molecule has 0 spiro atoms. The van der Waals surface area contributed by atoms with Crippen molar-refractivity contribution in [2.24, 2.45) is 0 Å². The number of aliphatic carboxylic acids is 4. The van der Waals surface area contributed by atoms with Gasteiger partial charge in [0.05, 0.1) is 25.0 Å². The molecular formula is C10H16Cl2N2Na2O8. The van der Waals surface area contributed by atoms with E-state index in [4.69, 9.17) is 10.2 Å². The van der Waals surface area contributed by atoms with Gasteiger partial charge in [0.15, 0.2) is 0 Å². The maximum Gasteiger partial charge on any atom is 1.00 e. The van der Waals surface area contributed by atoms with E-state index >= 15 is 0 Å². The fraction of sp³-hybridized carbons (Fsp3) is 0.600. The van der Waals surface area contributed by atoms with E-state index in [0.717, 1.165) is 9.80 Å². The molecule has 2 N–H and O–H groups in total. The van der Waals surface area contributed by atoms with Gasteiger partial charge in [-0.05, 0) is 0 Å². The third-order valence-electron chi connectivity index (χ3n) is 2.16. The molecule has 0 aromatic rings. The Morgan fingerprint density at radius 2 is 0.917 bits per heavy atom. The summed E-state index contributed by atoms with van der Waals surface area (Å²) in [6.07, 6.45) is 0. The Hall–Kier alpha value is 0.380. The molecule has 0 aliphatic carbocycles. The van der Waals surface area contributed by atoms with Gasteiger partial charge in [-0.1, -0.05) is 0 Å². The van der Waals surface area contributed by atoms with Gasteiger partial charge < -0.3 is 30.0 Å². The van der Waals surface area contributed by atoms with Gasteiger partial charge in [0.1, 0.15) is 0 Å². The normalized spacial score (nSPS) is 8.92. The van der Waals surface area contributed by atoms with E-state index in [2.05, 4.69) is 0 Å². The third-order valence-corrected chi connectivity index (χ3v) is 2.16. The fourth-order valence-corrected chi connectivity index (χ4v) is 1.46. The van der Waals surface area contributed by atoms with Gasteiger partial charge in [0.25, 0.3) is 0 Å². The van der Waals surface area contributed by atoms with Crippen molar-refractivity contribution in [1.29, 1.82) is 0 Å². The molecule has 130 valence electrons. The Bertz CT molecular complexity index is 335. The summed E-state index contributed by atoms with van der Waals surface area (Å²) in [5, 5.41) is 38.0. The summed E-state index contributed by atoms with van der Waals surface area (Å²) in [6.45, 7) is -2.75. The molecule has 0 aliphatic rings. The van der Waals surface area contributed by atoms with Crippen molar-refractivity contribution < 1.29 is 98.7 Å². The number of nitrogens with zero attached hydrogens (tertiary/aromatic N) is 2. The molecule has 0 radical (unpaired) electrons. The maximum absolute atomic E-state index is 10.5. The van der Waals surface area contributed by atoms with Crippen LogP contribution in [0, 0.1) is 0 Å². The Labute approximate surface area is 194 Å². The first kappa shape index (κ1) is 35.5. The van der Waals surface area contributed by atoms with Gasteiger partial charge in [-0.25, -0.2) is 0 Å². The van der Waals surface area contributed by atoms with E-state index in [1.54, 1.807) is 0 Å². The molecule has 0 aromatic carbocycles. The van der Waals surface area contributed by atoms with Crippen LogP contribution in [0.3, 0.4) is 0 Å². The molecule has 0 fully saturated rings. The van der Waals surface area contributed by atoms with Gasteiger partial charge in [0, 0.05) is 26.2 Å². The number of carbonyl (C=O) groups excluding carboxylic acids is 2. The van der Waals surface area contributed by atoms with E-state index in [-0.39, 0.29) is 97.0 Å². The molecule has 0 heterocycles. The van der Waals surface area contributed by atoms with E-state index in [1.807, 2.05) is 0 Å². The van der Waals surface area contributed by atoms with Crippen molar-refractivity contribution in [3.63, 3.8) is 0 Å². The molecule has 0 unspecified atom stereocenters. The van der Waals surface area contributed by atoms with Crippen molar-refractivity contribution in [1.82, 2.24) is 9.80 Å². The molecule has 0 aliphatic heterocycles. The Morgan fingerprint density at radius 1 is 0.667 bits per heavy atom. The Balaban J connectivity index is -0.000000301. The summed E-state index contributed by atoms with van der Waals surface area (Å²) in [5.41, 5.74) is 0. The predicted molar refractivity (Wildman–Crippen MR) is 72.7 cm³/mol. The van der Waals surface area contributed by atoms with E-state index in [9.17, 15) is 29.4 Å². The summed E-state index contributed by atoms with van der Waals surface area (Å²) in [7, 11) is 0. The summed E-state index contributed by atoms with van der Waals surface area (Å²) in [4.78, 5) is 43.9. The molecule has 0 aromatic heterocycles. The number of carboxylic acid groups (broad SMARTS) is 4. The van der Waals surface area contributed by atoms with Crippen LogP contribution in [-0.2, 0) is 19.2 Å². The number of rotatable bonds is 11. The largest absolute Gasteiger partial charge is 1.00 e. The maximum atomic E-state index is 10.5. The van der Waals surface area contributed by atoms with E-state index in [0.29, 0.717) is 0 Å². The summed E-state index contributed by atoms with van der Waals surface area (Å²) >= 11 is 0. The van der Waals surface area contributed by atoms with E-state index in [1.165, 1.54) is 0 Å². The van der Waals surface area contributed by atoms with Crippen molar-refractivity contribution in [3.8, 4) is 0 Å². The smallest absolute Gasteiger partial charge is 0.549 e. The molecule has 10 nitrogen and oxygen atoms in total. The van der Waals surface area contributed by atoms with Crippen LogP contribution >= 0.6 is 24.8 Å². The van der Waals surface area contributed by atoms with Crippen molar-refractivity contribution in [3.05, 3.63) is 0 Å². The minimum Gasteiger partial charge on any atom is -0.549 e. The molecule has 0 amide bonds. The van der Waals surface area contributed by atoms with Crippen molar-refractivity contribution in [2.45, 2.75) is 0 Å². The first-order chi connectivity index (χ1) is 9.20. The molecule has 0 saturated carbocycles. The van der Waals surface area contributed by atoms with Gasteiger partial charge >= 0.3 is 71.1 Å². The average Bonchev–Trinajstić information content (AvgIpc) is 2.22. The molecule has 0 atom stereocenters. The molecule has 0 saturated heterocycles. The number of halogens is 2. The second kappa shape index (κ2) is 19.7. The quantitative estimate of drug-likeness (QED) is 0.314. The summed E-state index contributed by atoms with van der Waals surface area (Å²) in [5.74, 6) is -5.52. The molecule has 0 rings (SSSR count). The topological polar surface area (TPSA) is 161 Å². The van der Waals surface area contributed by atoms with Gasteiger partial charge in [-0.15, -0.1) is 24.8 Å². The zero-order chi connectivity index (χ0) is 15.7. The van der Waals surface area contributed by atoms with Crippen LogP contribution in [0.4, 0.5) is 0 Å². The minimum atomic E-state index is -1.51. The first-order valence-electron chi connectivity index (χ1n) is 5.48. The zero-order valence-corrected chi connectivity index (χ0v) is 18.9. The minimum absolute atomic E-state index is 0. The predicted octanol–water partition coefficient (Wildman–Crippen LogP) is -9.89. The van der Waals surface area contributed by atoms with Crippen LogP contribution < -0.4 is 69.3 Å². The van der Waals surface area contributed by atoms with Crippen LogP contribution in [0.2, 0.25) is 0 Å². The Kier molecular flexibility index (Phi) is 29.1. The third kappa shape index (κ3) is 22.4. The first-order valence-corrected chi connectivity index (χ1v) is 5.48. The van der Waals surface area contributed by atoms with Crippen LogP contribution in [0.25, 0.3) is 0 Å². The summed E-state index contributed by atoms with van der Waals surface area (Å²) in [6, 6.07) is 0. The van der Waals surface area contributed by atoms with Crippen LogP contribution in [-0.4, -0.2) is 83.2 Å². The van der Waals surface area contributed by atoms with Gasteiger partial charge in [0.2, 0.25) is 0 Å². The number of carboxylic acids is 4. The number of hydrogen-bond donors (Lipinski definition) is 2. The SMILES string of the molecule is Cl.Cl.O=C([O-])CN(CCN(CC(=O)O)CC(=O)O)CC(=O)[O-].[Na+].[Na+]. The molecule has 14 heteroatoms. The van der Waals surface area contributed by atoms with Crippen molar-refractivity contribution >= 4 is 48.7 Å². The number of hydrogen-bond acceptors (Lipinski definition) is 8. The molecule has 0 bridgehead atoms. The van der Waals surface area contributed by atoms with Crippen LogP contribution in [0.1, 0.15) is 0 Å². The van der Waals surface area contributed by atoms with E-state index < -0.39 is 50.1 Å². The second-order valence-electron chi connectivity index (χ2n) is 3.95. The van der Waals surface area contributed by atoms with Crippen molar-refractivity contribution in [2.75, 3.05) is 39.3 Å². The van der Waals surface area contributed by atoms with Gasteiger partial charge in [-0.2, -0.15) is 0 Å². The summed E-state index contributed by atoms with van der Waals surface area (Å²) < 4.78 is 0. The monoisotopic (exact) mass is 408 g/mol. The zero-order valence-electron chi connectivity index (χ0n) is 13.3. The van der Waals surface area contributed by atoms with Crippen LogP contribution in [0.15, 0.2) is 0 Å². The number of carbonyl (C=O) groups is 4. The average molecular weight is 409 g/mol. The second-order valence-corrected chi connectivity index (χ2v) is 3.95. The molecule has 24 heavy (non-hydrogen) atoms. The standard InChI is InChI=1S/C10H16N2O8.2ClH.2Na/c13-7(14)3-11(4-8(15)16)1-2-12(5-9(17)18)6-10(19)20;;;;/h1-6H2,(H,13,14)(H,15,16)(H,17,18)(H,19,20);2*1H;;/q;;;2*+1/p-2.